The Morgan fingerprint density at radius 3 is 3.07 bits per heavy atom. The summed E-state index contributed by atoms with van der Waals surface area (Å²) >= 11 is 0. The Hall–Kier alpha value is -1.16. The molecule has 0 unspecified atom stereocenters. The molecule has 1 heterocycles. The Morgan fingerprint density at radius 2 is 2.43 bits per heavy atom. The predicted molar refractivity (Wildman–Crippen MR) is 53.3 cm³/mol. The summed E-state index contributed by atoms with van der Waals surface area (Å²) in [6.45, 7) is 6.27. The monoisotopic (exact) mass is 196 g/mol. The highest BCUT2D eigenvalue weighted by molar-refractivity contribution is 5.69. The third-order valence-electron chi connectivity index (χ3n) is 1.78. The van der Waals surface area contributed by atoms with Crippen molar-refractivity contribution in [3.8, 4) is 0 Å². The molecule has 0 N–H and O–H groups in total. The molecule has 0 spiro atoms. The molecule has 0 saturated carbocycles. The van der Waals surface area contributed by atoms with E-state index >= 15 is 0 Å². The van der Waals surface area contributed by atoms with Crippen LogP contribution in [0.3, 0.4) is 0 Å². The largest absolute Gasteiger partial charge is 0.379 e. The number of hydrogen-bond acceptors (Lipinski definition) is 3. The van der Waals surface area contributed by atoms with Crippen molar-refractivity contribution in [1.29, 1.82) is 0 Å². The van der Waals surface area contributed by atoms with Gasteiger partial charge in [0.1, 0.15) is 0 Å². The van der Waals surface area contributed by atoms with Crippen molar-refractivity contribution in [1.82, 2.24) is 9.55 Å². The van der Waals surface area contributed by atoms with Gasteiger partial charge in [-0.2, -0.15) is 0 Å². The normalized spacial score (nSPS) is 10.8. The van der Waals surface area contributed by atoms with E-state index in [0.717, 1.165) is 12.9 Å². The zero-order valence-corrected chi connectivity index (χ0v) is 8.64. The Kier molecular flexibility index (Phi) is 4.32. The van der Waals surface area contributed by atoms with Crippen molar-refractivity contribution in [3.63, 3.8) is 0 Å². The molecule has 1 aromatic heterocycles. The van der Waals surface area contributed by atoms with Gasteiger partial charge in [-0.3, -0.25) is 4.79 Å². The van der Waals surface area contributed by atoms with Gasteiger partial charge in [-0.25, -0.2) is 4.98 Å². The molecule has 0 bridgehead atoms. The van der Waals surface area contributed by atoms with Crippen LogP contribution in [0.1, 0.15) is 24.5 Å². The van der Waals surface area contributed by atoms with Gasteiger partial charge >= 0.3 is 0 Å². The summed E-state index contributed by atoms with van der Waals surface area (Å²) in [4.78, 5) is 14.4. The molecule has 1 aromatic rings. The van der Waals surface area contributed by atoms with E-state index in [1.807, 2.05) is 0 Å². The summed E-state index contributed by atoms with van der Waals surface area (Å²) in [5.41, 5.74) is 0. The Morgan fingerprint density at radius 1 is 1.64 bits per heavy atom. The van der Waals surface area contributed by atoms with Crippen LogP contribution in [0.5, 0.6) is 0 Å². The lowest BCUT2D eigenvalue weighted by atomic mass is 10.2. The highest BCUT2D eigenvalue weighted by Crippen LogP contribution is 1.96. The number of imidazole rings is 1. The Balaban J connectivity index is 2.27. The molecule has 0 aromatic carbocycles. The minimum Gasteiger partial charge on any atom is -0.379 e. The van der Waals surface area contributed by atoms with Crippen molar-refractivity contribution in [3.05, 3.63) is 18.2 Å². The van der Waals surface area contributed by atoms with E-state index in [0.29, 0.717) is 24.9 Å². The first kappa shape index (κ1) is 10.9. The highest BCUT2D eigenvalue weighted by atomic mass is 16.5. The summed E-state index contributed by atoms with van der Waals surface area (Å²) in [5, 5.41) is 0. The van der Waals surface area contributed by atoms with Crippen molar-refractivity contribution in [2.45, 2.75) is 20.4 Å². The summed E-state index contributed by atoms with van der Waals surface area (Å²) < 4.78 is 7.19. The van der Waals surface area contributed by atoms with Gasteiger partial charge in [0.2, 0.25) is 0 Å². The quantitative estimate of drug-likeness (QED) is 0.510. The topological polar surface area (TPSA) is 44.1 Å². The number of carbonyl (C=O) groups is 1. The van der Waals surface area contributed by atoms with Crippen LogP contribution in [-0.4, -0.2) is 29.1 Å². The number of rotatable bonds is 6. The smallest absolute Gasteiger partial charge is 0.185 e. The van der Waals surface area contributed by atoms with Crippen LogP contribution < -0.4 is 0 Å². The van der Waals surface area contributed by atoms with E-state index < -0.39 is 0 Å². The summed E-state index contributed by atoms with van der Waals surface area (Å²) in [5.74, 6) is 1.00. The maximum atomic E-state index is 10.5. The number of carbonyl (C=O) groups excluding carboxylic acids is 1. The van der Waals surface area contributed by atoms with Gasteiger partial charge < -0.3 is 9.30 Å². The third kappa shape index (κ3) is 3.30. The highest BCUT2D eigenvalue weighted by Gasteiger charge is 2.00. The maximum Gasteiger partial charge on any atom is 0.185 e. The fraction of sp³-hybridized carbons (Fsp3) is 0.600. The average Bonchev–Trinajstić information content (AvgIpc) is 2.59. The average molecular weight is 196 g/mol. The van der Waals surface area contributed by atoms with Crippen LogP contribution >= 0.6 is 0 Å². The maximum absolute atomic E-state index is 10.5. The van der Waals surface area contributed by atoms with Crippen LogP contribution in [0.25, 0.3) is 0 Å². The molecule has 0 aliphatic carbocycles. The number of hydrogen-bond donors (Lipinski definition) is 0. The van der Waals surface area contributed by atoms with E-state index in [1.165, 1.54) is 0 Å². The number of nitrogens with zero attached hydrogens (tertiary/aromatic N) is 2. The van der Waals surface area contributed by atoms with Crippen molar-refractivity contribution >= 4 is 6.29 Å². The fourth-order valence-corrected chi connectivity index (χ4v) is 1.11. The van der Waals surface area contributed by atoms with E-state index in [-0.39, 0.29) is 0 Å². The molecule has 78 valence electrons. The SMILES string of the molecule is CC(C)COCCn1ccnc1C=O. The molecule has 0 radical (unpaired) electrons. The van der Waals surface area contributed by atoms with Crippen molar-refractivity contribution < 1.29 is 9.53 Å². The van der Waals surface area contributed by atoms with E-state index in [1.54, 1.807) is 17.0 Å². The number of ether oxygens (including phenoxy) is 1. The van der Waals surface area contributed by atoms with Gasteiger partial charge in [0.15, 0.2) is 12.1 Å². The molecule has 0 amide bonds. The van der Waals surface area contributed by atoms with Gasteiger partial charge in [0.05, 0.1) is 6.61 Å². The molecule has 14 heavy (non-hydrogen) atoms. The molecule has 4 heteroatoms. The van der Waals surface area contributed by atoms with Gasteiger partial charge in [-0.1, -0.05) is 13.8 Å². The van der Waals surface area contributed by atoms with Crippen molar-refractivity contribution in [2.24, 2.45) is 5.92 Å². The molecule has 0 saturated heterocycles. The van der Waals surface area contributed by atoms with Crippen LogP contribution in [-0.2, 0) is 11.3 Å². The zero-order chi connectivity index (χ0) is 10.4. The van der Waals surface area contributed by atoms with Gasteiger partial charge in [-0.05, 0) is 5.92 Å². The second-order valence-corrected chi connectivity index (χ2v) is 3.57. The van der Waals surface area contributed by atoms with E-state index in [9.17, 15) is 4.79 Å². The summed E-state index contributed by atoms with van der Waals surface area (Å²) in [6, 6.07) is 0. The Labute approximate surface area is 83.9 Å². The number of aldehydes is 1. The molecule has 0 atom stereocenters. The van der Waals surface area contributed by atoms with Crippen LogP contribution in [0.15, 0.2) is 12.4 Å². The molecular weight excluding hydrogens is 180 g/mol. The van der Waals surface area contributed by atoms with Crippen LogP contribution in [0.4, 0.5) is 0 Å². The lowest BCUT2D eigenvalue weighted by Gasteiger charge is -2.07. The van der Waals surface area contributed by atoms with Crippen LogP contribution in [0, 0.1) is 5.92 Å². The Bertz CT molecular complexity index is 281. The molecule has 0 aliphatic heterocycles. The first-order valence-corrected chi connectivity index (χ1v) is 4.78. The molecule has 4 nitrogen and oxygen atoms in total. The van der Waals surface area contributed by atoms with E-state index in [4.69, 9.17) is 4.74 Å². The van der Waals surface area contributed by atoms with Gasteiger partial charge in [0.25, 0.3) is 0 Å². The summed E-state index contributed by atoms with van der Waals surface area (Å²) in [7, 11) is 0. The molecular formula is C10H16N2O2. The predicted octanol–water partition coefficient (Wildman–Crippen LogP) is 1.37. The molecule has 0 fully saturated rings. The first-order chi connectivity index (χ1) is 6.74. The fourth-order valence-electron chi connectivity index (χ4n) is 1.11. The first-order valence-electron chi connectivity index (χ1n) is 4.78. The second-order valence-electron chi connectivity index (χ2n) is 3.57. The standard InChI is InChI=1S/C10H16N2O2/c1-9(2)8-14-6-5-12-4-3-11-10(12)7-13/h3-4,7,9H,5-6,8H2,1-2H3. The minimum absolute atomic E-state index is 0.457. The summed E-state index contributed by atoms with van der Waals surface area (Å²) in [6.07, 6.45) is 4.15. The van der Waals surface area contributed by atoms with Gasteiger partial charge in [-0.15, -0.1) is 0 Å². The zero-order valence-electron chi connectivity index (χ0n) is 8.64. The molecule has 0 aliphatic rings. The minimum atomic E-state index is 0.457. The second kappa shape index (κ2) is 5.54. The third-order valence-corrected chi connectivity index (χ3v) is 1.78. The lowest BCUT2D eigenvalue weighted by molar-refractivity contribution is 0.101. The lowest BCUT2D eigenvalue weighted by Crippen LogP contribution is -2.10. The molecule has 1 rings (SSSR count). The van der Waals surface area contributed by atoms with Gasteiger partial charge in [0, 0.05) is 25.5 Å². The van der Waals surface area contributed by atoms with Crippen molar-refractivity contribution in [2.75, 3.05) is 13.2 Å². The number of aromatic nitrogens is 2. The van der Waals surface area contributed by atoms with E-state index in [2.05, 4.69) is 18.8 Å². The van der Waals surface area contributed by atoms with Crippen LogP contribution in [0.2, 0.25) is 0 Å².